The highest BCUT2D eigenvalue weighted by molar-refractivity contribution is 7.07. The highest BCUT2D eigenvalue weighted by Gasteiger charge is 2.01. The number of benzene rings is 1. The summed E-state index contributed by atoms with van der Waals surface area (Å²) in [6.07, 6.45) is 0. The van der Waals surface area contributed by atoms with Crippen molar-refractivity contribution in [2.24, 2.45) is 0 Å². The third-order valence-electron chi connectivity index (χ3n) is 2.03. The van der Waals surface area contributed by atoms with Gasteiger partial charge in [0.05, 0.1) is 17.3 Å². The molecule has 0 unspecified atom stereocenters. The van der Waals surface area contributed by atoms with Crippen molar-refractivity contribution in [1.82, 2.24) is 4.98 Å². The second-order valence-corrected chi connectivity index (χ2v) is 4.52. The summed E-state index contributed by atoms with van der Waals surface area (Å²) in [7, 11) is 0. The summed E-state index contributed by atoms with van der Waals surface area (Å²) in [4.78, 5) is 13.6. The Labute approximate surface area is 101 Å². The summed E-state index contributed by atoms with van der Waals surface area (Å²) < 4.78 is 0. The lowest BCUT2D eigenvalue weighted by Crippen LogP contribution is -2.03. The zero-order chi connectivity index (χ0) is 11.5. The number of nitrogens with one attached hydrogen (secondary N) is 2. The molecule has 1 aromatic carbocycles. The first-order valence-corrected chi connectivity index (χ1v) is 5.86. The maximum Gasteiger partial charge on any atom is 0.304 e. The maximum atomic E-state index is 10.9. The lowest BCUT2D eigenvalue weighted by Gasteiger charge is -2.07. The molecule has 0 aliphatic heterocycles. The van der Waals surface area contributed by atoms with Crippen LogP contribution in [0.5, 0.6) is 0 Å². The van der Waals surface area contributed by atoms with Gasteiger partial charge in [0.15, 0.2) is 0 Å². The first-order valence-electron chi connectivity index (χ1n) is 4.61. The van der Waals surface area contributed by atoms with Gasteiger partial charge in [-0.1, -0.05) is 22.9 Å². The summed E-state index contributed by atoms with van der Waals surface area (Å²) >= 11 is 7.13. The molecular weight excluding hydrogens is 246 g/mol. The van der Waals surface area contributed by atoms with E-state index in [-0.39, 0.29) is 4.87 Å². The Balaban J connectivity index is 2.07. The third kappa shape index (κ3) is 2.56. The largest absolute Gasteiger partial charge is 0.399 e. The van der Waals surface area contributed by atoms with Crippen LogP contribution < -0.4 is 15.9 Å². The standard InChI is InChI=1S/C10H10ClN3OS/c11-8-3-6(12)1-2-9(8)13-4-7-5-16-10(15)14-7/h1-3,5,13H,4,12H2,(H,14,15). The van der Waals surface area contributed by atoms with E-state index in [9.17, 15) is 4.79 Å². The number of aromatic amines is 1. The Morgan fingerprint density at radius 3 is 2.94 bits per heavy atom. The molecular formula is C10H10ClN3OS. The van der Waals surface area contributed by atoms with E-state index >= 15 is 0 Å². The number of anilines is 2. The van der Waals surface area contributed by atoms with Crippen LogP contribution in [0.25, 0.3) is 0 Å². The molecule has 6 heteroatoms. The van der Waals surface area contributed by atoms with Crippen molar-refractivity contribution in [3.63, 3.8) is 0 Å². The van der Waals surface area contributed by atoms with E-state index < -0.39 is 0 Å². The van der Waals surface area contributed by atoms with E-state index in [0.717, 1.165) is 22.7 Å². The minimum Gasteiger partial charge on any atom is -0.399 e. The molecule has 1 aromatic heterocycles. The fourth-order valence-electron chi connectivity index (χ4n) is 1.27. The molecule has 4 nitrogen and oxygen atoms in total. The topological polar surface area (TPSA) is 70.9 Å². The van der Waals surface area contributed by atoms with Gasteiger partial charge >= 0.3 is 4.87 Å². The van der Waals surface area contributed by atoms with Crippen molar-refractivity contribution in [3.05, 3.63) is 44.0 Å². The average molecular weight is 256 g/mol. The molecule has 0 radical (unpaired) electrons. The summed E-state index contributed by atoms with van der Waals surface area (Å²) in [6.45, 7) is 0.530. The minimum absolute atomic E-state index is 0.0554. The van der Waals surface area contributed by atoms with Crippen molar-refractivity contribution < 1.29 is 0 Å². The van der Waals surface area contributed by atoms with E-state index in [1.165, 1.54) is 0 Å². The van der Waals surface area contributed by atoms with Gasteiger partial charge in [-0.05, 0) is 18.2 Å². The molecule has 84 valence electrons. The molecule has 16 heavy (non-hydrogen) atoms. The Bertz CT molecular complexity index is 549. The van der Waals surface area contributed by atoms with Crippen LogP contribution in [0.15, 0.2) is 28.4 Å². The number of H-pyrrole nitrogens is 1. The Morgan fingerprint density at radius 1 is 1.50 bits per heavy atom. The van der Waals surface area contributed by atoms with Gasteiger partial charge in [-0.15, -0.1) is 0 Å². The van der Waals surface area contributed by atoms with Crippen molar-refractivity contribution in [2.45, 2.75) is 6.54 Å². The fraction of sp³-hybridized carbons (Fsp3) is 0.100. The first-order chi connectivity index (χ1) is 7.65. The van der Waals surface area contributed by atoms with Gasteiger partial charge in [-0.2, -0.15) is 0 Å². The Hall–Kier alpha value is -1.46. The van der Waals surface area contributed by atoms with Crippen molar-refractivity contribution in [2.75, 3.05) is 11.1 Å². The maximum absolute atomic E-state index is 10.9. The predicted octanol–water partition coefficient (Wildman–Crippen LogP) is 2.28. The number of halogens is 1. The Morgan fingerprint density at radius 2 is 2.31 bits per heavy atom. The van der Waals surface area contributed by atoms with Gasteiger partial charge in [0.1, 0.15) is 0 Å². The lowest BCUT2D eigenvalue weighted by atomic mass is 10.3. The molecule has 0 fully saturated rings. The van der Waals surface area contributed by atoms with Gasteiger partial charge in [-0.3, -0.25) is 4.79 Å². The van der Waals surface area contributed by atoms with Crippen molar-refractivity contribution >= 4 is 34.3 Å². The van der Waals surface area contributed by atoms with Gasteiger partial charge in [0, 0.05) is 16.8 Å². The zero-order valence-electron chi connectivity index (χ0n) is 8.29. The lowest BCUT2D eigenvalue weighted by molar-refractivity contribution is 1.06. The molecule has 0 atom stereocenters. The van der Waals surface area contributed by atoms with Gasteiger partial charge in [0.2, 0.25) is 0 Å². The van der Waals surface area contributed by atoms with E-state index in [2.05, 4.69) is 10.3 Å². The van der Waals surface area contributed by atoms with Crippen molar-refractivity contribution in [1.29, 1.82) is 0 Å². The predicted molar refractivity (Wildman–Crippen MR) is 68.1 cm³/mol. The van der Waals surface area contributed by atoms with Crippen LogP contribution in [0.4, 0.5) is 11.4 Å². The van der Waals surface area contributed by atoms with Gasteiger partial charge in [0.25, 0.3) is 0 Å². The minimum atomic E-state index is -0.0554. The molecule has 2 rings (SSSR count). The Kier molecular flexibility index (Phi) is 3.17. The van der Waals surface area contributed by atoms with Crippen LogP contribution in [-0.2, 0) is 6.54 Å². The highest BCUT2D eigenvalue weighted by Crippen LogP contribution is 2.24. The molecule has 0 aliphatic rings. The molecule has 0 bridgehead atoms. The van der Waals surface area contributed by atoms with Crippen LogP contribution in [-0.4, -0.2) is 4.98 Å². The third-order valence-corrected chi connectivity index (χ3v) is 3.06. The van der Waals surface area contributed by atoms with E-state index in [0.29, 0.717) is 17.3 Å². The first kappa shape index (κ1) is 11.0. The smallest absolute Gasteiger partial charge is 0.304 e. The molecule has 4 N–H and O–H groups in total. The average Bonchev–Trinajstić information content (AvgIpc) is 2.63. The monoisotopic (exact) mass is 255 g/mol. The normalized spacial score (nSPS) is 10.3. The van der Waals surface area contributed by atoms with Crippen LogP contribution in [0, 0.1) is 0 Å². The molecule has 2 aromatic rings. The van der Waals surface area contributed by atoms with Gasteiger partial charge < -0.3 is 16.0 Å². The number of hydrogen-bond donors (Lipinski definition) is 3. The number of hydrogen-bond acceptors (Lipinski definition) is 4. The summed E-state index contributed by atoms with van der Waals surface area (Å²) in [5.41, 5.74) is 7.83. The molecule has 0 saturated carbocycles. The summed E-state index contributed by atoms with van der Waals surface area (Å²) in [5, 5.41) is 5.46. The molecule has 0 amide bonds. The molecule has 0 saturated heterocycles. The number of rotatable bonds is 3. The SMILES string of the molecule is Nc1ccc(NCc2csc(=O)[nH]2)c(Cl)c1. The van der Waals surface area contributed by atoms with Crippen LogP contribution in [0.3, 0.4) is 0 Å². The second-order valence-electron chi connectivity index (χ2n) is 3.27. The zero-order valence-corrected chi connectivity index (χ0v) is 9.86. The fourth-order valence-corrected chi connectivity index (χ4v) is 2.10. The van der Waals surface area contributed by atoms with Crippen LogP contribution >= 0.6 is 22.9 Å². The molecule has 0 spiro atoms. The quantitative estimate of drug-likeness (QED) is 0.737. The van der Waals surface area contributed by atoms with Crippen molar-refractivity contribution in [3.8, 4) is 0 Å². The second kappa shape index (κ2) is 4.59. The number of nitrogen functional groups attached to an aromatic ring is 1. The summed E-state index contributed by atoms with van der Waals surface area (Å²) in [5.74, 6) is 0. The number of thiazole rings is 1. The molecule has 1 heterocycles. The van der Waals surface area contributed by atoms with Gasteiger partial charge in [-0.25, -0.2) is 0 Å². The van der Waals surface area contributed by atoms with Crippen LogP contribution in [0.2, 0.25) is 5.02 Å². The molecule has 0 aliphatic carbocycles. The van der Waals surface area contributed by atoms with E-state index in [4.69, 9.17) is 17.3 Å². The van der Waals surface area contributed by atoms with Crippen LogP contribution in [0.1, 0.15) is 5.69 Å². The number of nitrogens with two attached hydrogens (primary N) is 1. The van der Waals surface area contributed by atoms with E-state index in [1.54, 1.807) is 17.5 Å². The highest BCUT2D eigenvalue weighted by atomic mass is 35.5. The van der Waals surface area contributed by atoms with E-state index in [1.807, 2.05) is 6.07 Å². The number of aromatic nitrogens is 1. The summed E-state index contributed by atoms with van der Waals surface area (Å²) in [6, 6.07) is 5.26.